The normalized spacial score (nSPS) is 14.1. The number of nitrogens with zero attached hydrogens (tertiary/aromatic N) is 2. The van der Waals surface area contributed by atoms with Gasteiger partial charge in [-0.05, 0) is 368 Å². The Hall–Kier alpha value is -14.5. The highest BCUT2D eigenvalue weighted by Gasteiger charge is 2.40. The third-order valence-electron chi connectivity index (χ3n) is 24.1. The molecule has 7 amide bonds. The van der Waals surface area contributed by atoms with E-state index in [2.05, 4.69) is 55.1 Å². The molecule has 36 nitrogen and oxygen atoms in total. The van der Waals surface area contributed by atoms with Gasteiger partial charge in [0.05, 0.1) is 40.5 Å². The number of carbonyl (C=O) groups is 7. The molecule has 0 atom stereocenters. The maximum absolute atomic E-state index is 12.9. The fraction of sp³-hybridized carbons (Fsp3) is 0.318. The van der Waals surface area contributed by atoms with Gasteiger partial charge in [-0.1, -0.05) is 23.7 Å². The number of aryl methyl sites for hydroxylation is 2. The van der Waals surface area contributed by atoms with E-state index in [-0.39, 0.29) is 67.4 Å². The zero-order valence-corrected chi connectivity index (χ0v) is 90.9. The number of imide groups is 1. The molecule has 0 radical (unpaired) electrons. The highest BCUT2D eigenvalue weighted by atomic mass is 35.5. The fourth-order valence-corrected chi connectivity index (χ4v) is 18.4. The van der Waals surface area contributed by atoms with Crippen LogP contribution in [0.2, 0.25) is 5.02 Å². The Morgan fingerprint density at radius 3 is 1.13 bits per heavy atom. The lowest BCUT2D eigenvalue weighted by Crippen LogP contribution is -2.42. The fourth-order valence-electron chi connectivity index (χ4n) is 14.5. The van der Waals surface area contributed by atoms with Crippen LogP contribution in [0.15, 0.2) is 224 Å². The number of ether oxygens (including phenoxy) is 6. The van der Waals surface area contributed by atoms with Crippen LogP contribution in [-0.4, -0.2) is 157 Å². The summed E-state index contributed by atoms with van der Waals surface area (Å²) in [5.41, 5.74) is 10.7. The summed E-state index contributed by atoms with van der Waals surface area (Å²) < 4.78 is 162. The summed E-state index contributed by atoms with van der Waals surface area (Å²) in [6.07, 6.45) is 1.21. The number of sulfonamides is 5. The first kappa shape index (κ1) is 113. The van der Waals surface area contributed by atoms with Gasteiger partial charge in [0.25, 0.3) is 41.4 Å². The molecule has 0 aromatic heterocycles. The maximum atomic E-state index is 12.9. The van der Waals surface area contributed by atoms with Crippen molar-refractivity contribution in [2.24, 2.45) is 0 Å². The number of carbonyl (C=O) groups excluding carboxylic acids is 7. The van der Waals surface area contributed by atoms with Crippen molar-refractivity contribution >= 4 is 166 Å². The number of nitrogens with one attached hydrogen (secondary N) is 10. The van der Waals surface area contributed by atoms with Gasteiger partial charge in [0, 0.05) is 132 Å². The second kappa shape index (κ2) is 44.9. The van der Waals surface area contributed by atoms with Crippen molar-refractivity contribution in [3.05, 3.63) is 291 Å². The molecule has 11 aromatic carbocycles. The van der Waals surface area contributed by atoms with Gasteiger partial charge in [0.1, 0.15) is 0 Å². The van der Waals surface area contributed by atoms with Crippen molar-refractivity contribution in [1.82, 2.24) is 4.90 Å². The number of hydrogen-bond donors (Lipinski definition) is 11. The minimum Gasteiger partial charge on any atom is -0.454 e. The Labute approximate surface area is 874 Å². The lowest BCUT2D eigenvalue weighted by atomic mass is 9.84. The molecule has 0 spiro atoms. The average molecular weight is 2160 g/mol. The molecule has 0 saturated carbocycles. The van der Waals surface area contributed by atoms with Crippen LogP contribution in [0.25, 0.3) is 0 Å². The molecule has 5 heterocycles. The molecule has 1 saturated heterocycles. The molecule has 0 bridgehead atoms. The first-order valence-electron chi connectivity index (χ1n) is 47.1. The van der Waals surface area contributed by atoms with E-state index in [9.17, 15) is 80.8 Å². The van der Waals surface area contributed by atoms with Crippen molar-refractivity contribution in [2.45, 2.75) is 187 Å². The van der Waals surface area contributed by atoms with Crippen LogP contribution < -0.4 is 83.5 Å². The summed E-state index contributed by atoms with van der Waals surface area (Å²) in [6, 6.07) is 61.1. The first-order valence-corrected chi connectivity index (χ1v) is 54.9. The van der Waals surface area contributed by atoms with Gasteiger partial charge in [0.15, 0.2) is 34.5 Å². The monoisotopic (exact) mass is 2150 g/mol. The smallest absolute Gasteiger partial charge is 0.261 e. The zero-order chi connectivity index (χ0) is 109. The molecule has 0 aliphatic carbocycles. The number of aliphatic hydroxyl groups is 1. The molecule has 149 heavy (non-hydrogen) atoms. The highest BCUT2D eigenvalue weighted by molar-refractivity contribution is 7.95. The number of amides is 7. The lowest BCUT2D eigenvalue weighted by molar-refractivity contribution is 0.0117. The summed E-state index contributed by atoms with van der Waals surface area (Å²) in [6.45, 7) is 35.1. The van der Waals surface area contributed by atoms with Crippen LogP contribution in [-0.2, 0) is 55.7 Å². The summed E-state index contributed by atoms with van der Waals surface area (Å²) in [7, 11) is -17.7. The number of anilines is 11. The number of halogens is 1. The van der Waals surface area contributed by atoms with Gasteiger partial charge in [-0.15, -0.1) is 0 Å². The number of hydrogen-bond acceptors (Lipinski definition) is 25. The van der Waals surface area contributed by atoms with E-state index >= 15 is 0 Å². The van der Waals surface area contributed by atoms with Crippen LogP contribution in [0.4, 0.5) is 62.6 Å². The molecule has 42 heteroatoms. The average Bonchev–Trinajstić information content (AvgIpc) is 1.59. The Morgan fingerprint density at radius 2 is 0.685 bits per heavy atom. The zero-order valence-electron chi connectivity index (χ0n) is 86.0. The predicted molar refractivity (Wildman–Crippen MR) is 581 cm³/mol. The van der Waals surface area contributed by atoms with Crippen LogP contribution in [0.1, 0.15) is 225 Å². The number of piperidine rings is 1. The first-order chi connectivity index (χ1) is 69.4. The Bertz CT molecular complexity index is 7510. The van der Waals surface area contributed by atoms with Crippen molar-refractivity contribution in [2.75, 3.05) is 88.6 Å². The highest BCUT2D eigenvalue weighted by Crippen LogP contribution is 2.43. The third-order valence-corrected chi connectivity index (χ3v) is 34.9. The predicted octanol–water partition coefficient (Wildman–Crippen LogP) is 19.7. The Morgan fingerprint density at radius 1 is 0.342 bits per heavy atom. The van der Waals surface area contributed by atoms with E-state index in [1.54, 1.807) is 276 Å². The molecule has 16 rings (SSSR count). The molecule has 0 unspecified atom stereocenters. The maximum Gasteiger partial charge on any atom is 0.261 e. The van der Waals surface area contributed by atoms with Gasteiger partial charge in [-0.2, -0.15) is 0 Å². The summed E-state index contributed by atoms with van der Waals surface area (Å²) in [5, 5.41) is 25.8. The topological polar surface area (TPSA) is 493 Å². The van der Waals surface area contributed by atoms with Gasteiger partial charge >= 0.3 is 0 Å². The molecule has 5 aliphatic heterocycles. The van der Waals surface area contributed by atoms with Crippen molar-refractivity contribution in [3.8, 4) is 34.5 Å². The van der Waals surface area contributed by atoms with E-state index in [0.717, 1.165) is 22.4 Å². The quantitative estimate of drug-likeness (QED) is 0.0265. The van der Waals surface area contributed by atoms with E-state index in [1.807, 2.05) is 50.2 Å². The molecule has 792 valence electrons. The Balaban J connectivity index is 0.000000166. The molecule has 1 fully saturated rings. The molecule has 5 aliphatic rings. The van der Waals surface area contributed by atoms with Crippen LogP contribution in [0, 0.1) is 20.8 Å². The second-order valence-corrected chi connectivity index (χ2v) is 53.3. The standard InChI is InChI=1S/C29H34ClN3O4S.C22H25N3O5S.2C19H22N2O5S.C18H20N2O5S/c1-20-19-24(32-38(36,37)28(2,3)4)11-14-26(20)27(34)31-23-9-12-25(13-10-23)33-17-15-29(35,16-18-33)21-5-7-22(30)8-6-21;1-13(2)25-20(27)17-11-10-16(12-18(17)21(25)28)23-19(26)14-6-8-15(9-7-14)24-31(29,30)22(3,4)5;1-12-9-15(10-16-17(12)26-11-25-16)20-18(22)13-5-7-14(8-6-13)21-27(23,24)19(2,3)4;1-12-15(9-10-16-17(12)26-11-25-16)20-18(22)13-5-7-14(8-6-13)21-27(23,24)19(2,3)4;1-18(2,3)26(22,23)20-13-6-4-12(5-7-13)17(21)19-14-8-9-15-16(10-14)25-11-24-15/h5-14,19,32,35H,15-18H2,1-4H3,(H,31,34);6-13,24H,1-5H3,(H,23,26);2*5-10,21H,11H2,1-4H3,(H,20,22);4-10,20H,11H2,1-3H3,(H,19,21). The van der Waals surface area contributed by atoms with Gasteiger partial charge in [-0.3, -0.25) is 62.1 Å². The largest absolute Gasteiger partial charge is 0.454 e. The van der Waals surface area contributed by atoms with Gasteiger partial charge in [-0.25, -0.2) is 42.1 Å². The minimum atomic E-state index is -3.57. The minimum absolute atomic E-state index is 0.165. The third kappa shape index (κ3) is 27.9. The van der Waals surface area contributed by atoms with E-state index in [1.165, 1.54) is 41.3 Å². The van der Waals surface area contributed by atoms with Crippen LogP contribution in [0.5, 0.6) is 34.5 Å². The van der Waals surface area contributed by atoms with E-state index < -0.39 is 85.4 Å². The number of rotatable bonds is 23. The lowest BCUT2D eigenvalue weighted by Gasteiger charge is -2.39. The number of benzene rings is 11. The van der Waals surface area contributed by atoms with E-state index in [4.69, 9.17) is 40.0 Å². The molecular formula is C107H123ClN12O24S5. The SMILES string of the molecule is CC(C)(C)S(=O)(=O)Nc1ccc(C(=O)Nc2ccc3c(c2)OCO3)cc1.CC(C)N1C(=O)c2ccc(NC(=O)c3ccc(NS(=O)(=O)C(C)(C)C)cc3)cc2C1=O.Cc1c(NC(=O)c2ccc(NS(=O)(=O)C(C)(C)C)cc2)ccc2c1OCO2.Cc1cc(NC(=O)c2ccc(NS(=O)(=O)C(C)(C)C)cc2)cc2c1OCO2.Cc1cc(NS(=O)(=O)C(C)(C)C)ccc1C(=O)Nc1ccc(N2CCC(O)(c3ccc(Cl)cc3)CC2)cc1. The van der Waals surface area contributed by atoms with Gasteiger partial charge in [0.2, 0.25) is 70.5 Å². The van der Waals surface area contributed by atoms with E-state index in [0.29, 0.717) is 161 Å². The van der Waals surface area contributed by atoms with Gasteiger partial charge < -0.3 is 65.0 Å². The molecular weight excluding hydrogens is 2030 g/mol. The molecule has 11 aromatic rings. The summed E-state index contributed by atoms with van der Waals surface area (Å²) in [4.78, 5) is 91.1. The second-order valence-electron chi connectivity index (χ2n) is 40.7. The summed E-state index contributed by atoms with van der Waals surface area (Å²) >= 11 is 5.99. The Kier molecular flexibility index (Phi) is 34.1. The van der Waals surface area contributed by atoms with Crippen LogP contribution in [0.3, 0.4) is 0 Å². The number of fused-ring (bicyclic) bond motifs is 4. The summed E-state index contributed by atoms with van der Waals surface area (Å²) in [5.74, 6) is 1.42. The van der Waals surface area contributed by atoms with Crippen molar-refractivity contribution in [3.63, 3.8) is 0 Å². The van der Waals surface area contributed by atoms with Crippen molar-refractivity contribution in [1.29, 1.82) is 0 Å². The van der Waals surface area contributed by atoms with Crippen LogP contribution >= 0.6 is 11.6 Å². The molecule has 11 N–H and O–H groups in total. The van der Waals surface area contributed by atoms with Crippen molar-refractivity contribution < 1.29 is 109 Å².